The van der Waals surface area contributed by atoms with Crippen LogP contribution in [-0.2, 0) is 13.0 Å². The second kappa shape index (κ2) is 12.8. The number of nitrogens with one attached hydrogen (secondary N) is 1. The molecule has 5 nitrogen and oxygen atoms in total. The minimum atomic E-state index is -0.122. The lowest BCUT2D eigenvalue weighted by Gasteiger charge is -2.30. The molecule has 0 bridgehead atoms. The zero-order chi connectivity index (χ0) is 17.4. The van der Waals surface area contributed by atoms with E-state index in [1.807, 2.05) is 18.2 Å². The number of halogens is 2. The predicted octanol–water partition coefficient (Wildman–Crippen LogP) is 3.26. The molecule has 0 aliphatic carbocycles. The monoisotopic (exact) mass is 401 g/mol. The molecule has 0 saturated carbocycles. The van der Waals surface area contributed by atoms with Gasteiger partial charge < -0.3 is 15.5 Å². The first-order valence-electron chi connectivity index (χ1n) is 8.51. The molecule has 1 amide bonds. The first-order valence-corrected chi connectivity index (χ1v) is 8.51. The van der Waals surface area contributed by atoms with Crippen LogP contribution in [-0.4, -0.2) is 36.5 Å². The van der Waals surface area contributed by atoms with Crippen LogP contribution in [0.5, 0.6) is 0 Å². The molecule has 0 aliphatic heterocycles. The lowest BCUT2D eigenvalue weighted by atomic mass is 10.0. The molecule has 0 radical (unpaired) electrons. The van der Waals surface area contributed by atoms with E-state index in [0.29, 0.717) is 24.4 Å². The molecule has 2 aromatic rings. The Hall–Kier alpha value is -1.53. The number of carbonyl (C=O) groups excluding carboxylic acids is 1. The topological polar surface area (TPSA) is 71.5 Å². The van der Waals surface area contributed by atoms with Crippen LogP contribution in [0.15, 0.2) is 47.1 Å². The smallest absolute Gasteiger partial charge is 0.254 e. The first kappa shape index (κ1) is 24.5. The average molecular weight is 402 g/mol. The van der Waals surface area contributed by atoms with E-state index in [1.165, 1.54) is 11.8 Å². The van der Waals surface area contributed by atoms with E-state index >= 15 is 0 Å². The molecule has 0 saturated heterocycles. The van der Waals surface area contributed by atoms with Crippen LogP contribution >= 0.6 is 24.8 Å². The molecule has 0 spiro atoms. The van der Waals surface area contributed by atoms with Gasteiger partial charge in [0, 0.05) is 12.6 Å². The lowest BCUT2D eigenvalue weighted by Crippen LogP contribution is -2.45. The molecule has 1 heterocycles. The van der Waals surface area contributed by atoms with Crippen molar-refractivity contribution in [2.45, 2.75) is 32.9 Å². The van der Waals surface area contributed by atoms with Crippen LogP contribution in [0.2, 0.25) is 0 Å². The van der Waals surface area contributed by atoms with Gasteiger partial charge in [-0.3, -0.25) is 9.69 Å². The van der Waals surface area contributed by atoms with Gasteiger partial charge in [-0.05, 0) is 31.1 Å². The number of nitrogens with zero attached hydrogens (tertiary/aromatic N) is 1. The van der Waals surface area contributed by atoms with Crippen LogP contribution in [0.4, 0.5) is 0 Å². The van der Waals surface area contributed by atoms with Gasteiger partial charge in [0.2, 0.25) is 0 Å². The average Bonchev–Trinajstić information content (AvgIpc) is 3.10. The molecule has 0 aliphatic rings. The molecular weight excluding hydrogens is 373 g/mol. The molecule has 146 valence electrons. The summed E-state index contributed by atoms with van der Waals surface area (Å²) in [5, 5.41) is 3.02. The van der Waals surface area contributed by atoms with Crippen molar-refractivity contribution in [2.75, 3.05) is 19.6 Å². The number of carbonyl (C=O) groups is 1. The molecule has 1 atom stereocenters. The van der Waals surface area contributed by atoms with Gasteiger partial charge in [-0.25, -0.2) is 0 Å². The van der Waals surface area contributed by atoms with Gasteiger partial charge in [-0.2, -0.15) is 0 Å². The van der Waals surface area contributed by atoms with E-state index < -0.39 is 0 Å². The SMILES string of the molecule is CCN(CC)C(CNC(=O)c1coc(CN)c1)Cc1ccccc1.Cl.Cl. The standard InChI is InChI=1S/C19H27N3O2.2ClH/c1-3-22(4-2)17(10-15-8-6-5-7-9-15)13-21-19(23)16-11-18(12-20)24-14-16;;/h5-9,11,14,17H,3-4,10,12-13,20H2,1-2H3,(H,21,23);2*1H. The second-order valence-electron chi connectivity index (χ2n) is 5.78. The highest BCUT2D eigenvalue weighted by Crippen LogP contribution is 2.10. The summed E-state index contributed by atoms with van der Waals surface area (Å²) in [4.78, 5) is 14.7. The number of hydrogen-bond donors (Lipinski definition) is 2. The molecule has 1 aromatic carbocycles. The van der Waals surface area contributed by atoms with Gasteiger partial charge >= 0.3 is 0 Å². The van der Waals surface area contributed by atoms with E-state index in [9.17, 15) is 4.79 Å². The van der Waals surface area contributed by atoms with E-state index in [0.717, 1.165) is 19.5 Å². The van der Waals surface area contributed by atoms with Crippen molar-refractivity contribution < 1.29 is 9.21 Å². The Morgan fingerprint density at radius 1 is 1.19 bits per heavy atom. The van der Waals surface area contributed by atoms with Crippen molar-refractivity contribution in [3.63, 3.8) is 0 Å². The minimum Gasteiger partial charge on any atom is -0.467 e. The largest absolute Gasteiger partial charge is 0.467 e. The molecular formula is C19H29Cl2N3O2. The number of nitrogens with two attached hydrogens (primary N) is 1. The highest BCUT2D eigenvalue weighted by Gasteiger charge is 2.18. The summed E-state index contributed by atoms with van der Waals surface area (Å²) in [6, 6.07) is 12.3. The molecule has 1 aromatic heterocycles. The number of furan rings is 1. The number of benzene rings is 1. The van der Waals surface area contributed by atoms with Gasteiger partial charge in [0.25, 0.3) is 5.91 Å². The van der Waals surface area contributed by atoms with Gasteiger partial charge in [0.15, 0.2) is 0 Å². The third-order valence-corrected chi connectivity index (χ3v) is 4.26. The number of amides is 1. The highest BCUT2D eigenvalue weighted by molar-refractivity contribution is 5.94. The summed E-state index contributed by atoms with van der Waals surface area (Å²) in [6.45, 7) is 7.08. The molecule has 2 rings (SSSR count). The van der Waals surface area contributed by atoms with Crippen LogP contribution < -0.4 is 11.1 Å². The quantitative estimate of drug-likeness (QED) is 0.676. The highest BCUT2D eigenvalue weighted by atomic mass is 35.5. The van der Waals surface area contributed by atoms with Crippen molar-refractivity contribution in [3.05, 3.63) is 59.5 Å². The summed E-state index contributed by atoms with van der Waals surface area (Å²) in [7, 11) is 0. The number of rotatable bonds is 9. The summed E-state index contributed by atoms with van der Waals surface area (Å²) in [6.07, 6.45) is 2.36. The summed E-state index contributed by atoms with van der Waals surface area (Å²) < 4.78 is 5.23. The Morgan fingerprint density at radius 2 is 1.85 bits per heavy atom. The summed E-state index contributed by atoms with van der Waals surface area (Å²) in [5.74, 6) is 0.494. The first-order chi connectivity index (χ1) is 11.7. The van der Waals surface area contributed by atoms with Gasteiger partial charge in [0.05, 0.1) is 12.1 Å². The van der Waals surface area contributed by atoms with Gasteiger partial charge in [-0.1, -0.05) is 44.2 Å². The van der Waals surface area contributed by atoms with E-state index in [1.54, 1.807) is 6.07 Å². The van der Waals surface area contributed by atoms with Gasteiger partial charge in [0.1, 0.15) is 12.0 Å². The molecule has 7 heteroatoms. The molecule has 3 N–H and O–H groups in total. The second-order valence-corrected chi connectivity index (χ2v) is 5.78. The van der Waals surface area contributed by atoms with Crippen molar-refractivity contribution in [1.29, 1.82) is 0 Å². The zero-order valence-electron chi connectivity index (χ0n) is 15.3. The van der Waals surface area contributed by atoms with Crippen molar-refractivity contribution >= 4 is 30.7 Å². The van der Waals surface area contributed by atoms with E-state index in [4.69, 9.17) is 10.2 Å². The number of likely N-dealkylation sites (N-methyl/N-ethyl adjacent to an activating group) is 1. The maximum absolute atomic E-state index is 12.3. The van der Waals surface area contributed by atoms with Gasteiger partial charge in [-0.15, -0.1) is 24.8 Å². The molecule has 26 heavy (non-hydrogen) atoms. The fraction of sp³-hybridized carbons (Fsp3) is 0.421. The third-order valence-electron chi connectivity index (χ3n) is 4.26. The zero-order valence-corrected chi connectivity index (χ0v) is 16.9. The van der Waals surface area contributed by atoms with Crippen molar-refractivity contribution in [1.82, 2.24) is 10.2 Å². The molecule has 0 fully saturated rings. The Kier molecular flexibility index (Phi) is 12.0. The van der Waals surface area contributed by atoms with Crippen LogP contribution in [0.3, 0.4) is 0 Å². The van der Waals surface area contributed by atoms with Crippen LogP contribution in [0, 0.1) is 0 Å². The maximum atomic E-state index is 12.3. The molecule has 1 unspecified atom stereocenters. The number of hydrogen-bond acceptors (Lipinski definition) is 4. The summed E-state index contributed by atoms with van der Waals surface area (Å²) >= 11 is 0. The normalized spacial score (nSPS) is 11.4. The van der Waals surface area contributed by atoms with Crippen LogP contribution in [0.25, 0.3) is 0 Å². The Labute approximate surface area is 168 Å². The fourth-order valence-electron chi connectivity index (χ4n) is 2.88. The maximum Gasteiger partial charge on any atom is 0.254 e. The Morgan fingerprint density at radius 3 is 2.38 bits per heavy atom. The fourth-order valence-corrected chi connectivity index (χ4v) is 2.88. The third kappa shape index (κ3) is 7.00. The van der Waals surface area contributed by atoms with Crippen molar-refractivity contribution in [3.8, 4) is 0 Å². The Balaban J connectivity index is 0.00000312. The predicted molar refractivity (Wildman–Crippen MR) is 110 cm³/mol. The van der Waals surface area contributed by atoms with E-state index in [2.05, 4.69) is 36.2 Å². The lowest BCUT2D eigenvalue weighted by molar-refractivity contribution is 0.0934. The minimum absolute atomic E-state index is 0. The van der Waals surface area contributed by atoms with Crippen molar-refractivity contribution in [2.24, 2.45) is 5.73 Å². The van der Waals surface area contributed by atoms with Crippen LogP contribution in [0.1, 0.15) is 35.5 Å². The Bertz CT molecular complexity index is 631. The summed E-state index contributed by atoms with van der Waals surface area (Å²) in [5.41, 5.74) is 7.31. The van der Waals surface area contributed by atoms with E-state index in [-0.39, 0.29) is 36.8 Å².